The molecule has 2 aliphatic rings. The van der Waals surface area contributed by atoms with E-state index in [1.807, 2.05) is 4.90 Å². The van der Waals surface area contributed by atoms with Crippen LogP contribution in [0.3, 0.4) is 0 Å². The van der Waals surface area contributed by atoms with Gasteiger partial charge in [0.15, 0.2) is 11.6 Å². The lowest BCUT2D eigenvalue weighted by Gasteiger charge is -2.44. The Bertz CT molecular complexity index is 1060. The zero-order valence-corrected chi connectivity index (χ0v) is 17.8. The molecule has 0 N–H and O–H groups in total. The largest absolute Gasteiger partial charge is 0.352 e. The van der Waals surface area contributed by atoms with Crippen LogP contribution in [0.1, 0.15) is 24.4 Å². The van der Waals surface area contributed by atoms with Crippen LogP contribution in [0.15, 0.2) is 36.5 Å². The molecule has 1 unspecified atom stereocenters. The number of hydrogen-bond acceptors (Lipinski definition) is 4. The molecule has 1 atom stereocenters. The van der Waals surface area contributed by atoms with Gasteiger partial charge in [-0.2, -0.15) is 0 Å². The van der Waals surface area contributed by atoms with Gasteiger partial charge in [0.25, 0.3) is 0 Å². The number of anilines is 1. The van der Waals surface area contributed by atoms with Crippen LogP contribution >= 0.6 is 0 Å². The summed E-state index contributed by atoms with van der Waals surface area (Å²) in [6, 6.07) is 6.03. The minimum absolute atomic E-state index is 0.0944. The van der Waals surface area contributed by atoms with Gasteiger partial charge in [-0.1, -0.05) is 12.1 Å². The number of piperazine rings is 1. The molecule has 0 radical (unpaired) electrons. The van der Waals surface area contributed by atoms with Gasteiger partial charge in [-0.3, -0.25) is 9.00 Å². The van der Waals surface area contributed by atoms with Gasteiger partial charge in [0.2, 0.25) is 5.91 Å². The molecule has 2 aromatic rings. The Balaban J connectivity index is 1.63. The van der Waals surface area contributed by atoms with Crippen molar-refractivity contribution in [3.8, 4) is 0 Å². The Morgan fingerprint density at radius 3 is 2.52 bits per heavy atom. The molecule has 3 heterocycles. The number of aromatic nitrogens is 1. The third-order valence-electron chi connectivity index (χ3n) is 6.07. The number of carbonyl (C=O) groups is 1. The third-order valence-corrected chi connectivity index (χ3v) is 8.02. The normalized spacial score (nSPS) is 26.7. The number of carbonyl (C=O) groups excluding carboxylic acids is 1. The molecule has 9 heteroatoms. The fourth-order valence-corrected chi connectivity index (χ4v) is 5.93. The van der Waals surface area contributed by atoms with Gasteiger partial charge in [0, 0.05) is 42.6 Å². The molecule has 1 amide bonds. The van der Waals surface area contributed by atoms with Gasteiger partial charge in [-0.15, -0.1) is 0 Å². The van der Waals surface area contributed by atoms with E-state index >= 15 is 0 Å². The molecule has 0 spiro atoms. The van der Waals surface area contributed by atoms with E-state index in [0.717, 1.165) is 12.3 Å². The first-order valence-corrected chi connectivity index (χ1v) is 12.3. The first kappa shape index (κ1) is 21.7. The first-order valence-electron chi connectivity index (χ1n) is 10.2. The molecule has 4 rings (SSSR count). The van der Waals surface area contributed by atoms with Crippen LogP contribution in [-0.2, 0) is 14.3 Å². The van der Waals surface area contributed by atoms with Gasteiger partial charge >= 0.3 is 0 Å². The first-order chi connectivity index (χ1) is 14.7. The molecular weight excluding hydrogens is 427 g/mol. The molecule has 31 heavy (non-hydrogen) atoms. The summed E-state index contributed by atoms with van der Waals surface area (Å²) in [6.45, 7) is 0.912. The van der Waals surface area contributed by atoms with E-state index in [2.05, 4.69) is 10.9 Å². The Morgan fingerprint density at radius 1 is 1.10 bits per heavy atom. The summed E-state index contributed by atoms with van der Waals surface area (Å²) in [4.78, 5) is 20.9. The highest BCUT2D eigenvalue weighted by atomic mass is 32.2. The molecule has 5 nitrogen and oxygen atoms in total. The quantitative estimate of drug-likeness (QED) is 0.674. The van der Waals surface area contributed by atoms with Crippen molar-refractivity contribution in [3.05, 3.63) is 59.5 Å². The van der Waals surface area contributed by atoms with Crippen LogP contribution in [0.2, 0.25) is 0 Å². The number of rotatable bonds is 3. The van der Waals surface area contributed by atoms with Gasteiger partial charge in [0.05, 0.1) is 12.2 Å². The van der Waals surface area contributed by atoms with E-state index < -0.39 is 33.0 Å². The third kappa shape index (κ3) is 4.56. The van der Waals surface area contributed by atoms with E-state index in [-0.39, 0.29) is 30.5 Å². The molecule has 0 aliphatic carbocycles. The Kier molecular flexibility index (Phi) is 5.96. The average Bonchev–Trinajstić information content (AvgIpc) is 2.75. The number of halogens is 3. The summed E-state index contributed by atoms with van der Waals surface area (Å²) in [5.74, 6) is 2.14. The number of pyridine rings is 1. The zero-order chi connectivity index (χ0) is 22.2. The van der Waals surface area contributed by atoms with Gasteiger partial charge in [-0.25, -0.2) is 18.2 Å². The van der Waals surface area contributed by atoms with Gasteiger partial charge in [-0.05, 0) is 46.4 Å². The Labute approximate surface area is 179 Å². The molecule has 0 saturated carbocycles. The second-order valence-corrected chi connectivity index (χ2v) is 10.9. The fraction of sp³-hybridized carbons (Fsp3) is 0.409. The van der Waals surface area contributed by atoms with E-state index in [0.29, 0.717) is 36.7 Å². The summed E-state index contributed by atoms with van der Waals surface area (Å²) >= 11 is 0. The summed E-state index contributed by atoms with van der Waals surface area (Å²) in [5, 5.41) is 0. The smallest absolute Gasteiger partial charge is 0.226 e. The SMILES string of the molecule is C=S1(=O)CCC(C(=O)N2CCN(c3ccc(F)cn3)CC2c2cccc(F)c2F)CC1. The van der Waals surface area contributed by atoms with Crippen molar-refractivity contribution in [2.45, 2.75) is 18.9 Å². The fourth-order valence-electron chi connectivity index (χ4n) is 4.30. The predicted molar refractivity (Wildman–Crippen MR) is 115 cm³/mol. The highest BCUT2D eigenvalue weighted by molar-refractivity contribution is 8.00. The van der Waals surface area contributed by atoms with Crippen LogP contribution in [-0.4, -0.2) is 57.0 Å². The maximum absolute atomic E-state index is 14.7. The molecule has 2 aliphatic heterocycles. The molecule has 2 saturated heterocycles. The molecular formula is C22H24F3N3O2S. The average molecular weight is 452 g/mol. The molecule has 1 aromatic carbocycles. The molecule has 1 aromatic heterocycles. The second-order valence-electron chi connectivity index (χ2n) is 8.12. The standard InChI is InChI=1S/C22H24F3N3O2S/c1-31(30)11-7-15(8-12-31)22(29)28-10-9-27(20-6-5-16(23)13-26-20)14-19(28)17-3-2-4-18(24)21(17)25/h2-6,13,15,19H,1,7-12,14H2. The van der Waals surface area contributed by atoms with Crippen LogP contribution in [0, 0.1) is 23.4 Å². The lowest BCUT2D eigenvalue weighted by atomic mass is 9.96. The van der Waals surface area contributed by atoms with Crippen LogP contribution < -0.4 is 4.90 Å². The van der Waals surface area contributed by atoms with Crippen molar-refractivity contribution in [1.29, 1.82) is 0 Å². The number of nitrogens with zero attached hydrogens (tertiary/aromatic N) is 3. The van der Waals surface area contributed by atoms with Crippen LogP contribution in [0.4, 0.5) is 19.0 Å². The monoisotopic (exact) mass is 451 g/mol. The van der Waals surface area contributed by atoms with E-state index in [4.69, 9.17) is 0 Å². The summed E-state index contributed by atoms with van der Waals surface area (Å²) in [6.07, 6.45) is 2.04. The lowest BCUT2D eigenvalue weighted by Crippen LogP contribution is -2.53. The second kappa shape index (κ2) is 8.53. The molecule has 166 valence electrons. The Hall–Kier alpha value is -2.55. The maximum atomic E-state index is 14.7. The number of hydrogen-bond donors (Lipinski definition) is 0. The van der Waals surface area contributed by atoms with E-state index in [9.17, 15) is 22.2 Å². The topological polar surface area (TPSA) is 53.5 Å². The van der Waals surface area contributed by atoms with Gasteiger partial charge in [0.1, 0.15) is 11.6 Å². The van der Waals surface area contributed by atoms with Crippen molar-refractivity contribution in [2.75, 3.05) is 36.0 Å². The highest BCUT2D eigenvalue weighted by Gasteiger charge is 2.38. The molecule has 2 fully saturated rings. The van der Waals surface area contributed by atoms with Crippen molar-refractivity contribution < 1.29 is 22.2 Å². The van der Waals surface area contributed by atoms with Crippen molar-refractivity contribution >= 4 is 27.1 Å². The summed E-state index contributed by atoms with van der Waals surface area (Å²) in [5.41, 5.74) is 0.0944. The van der Waals surface area contributed by atoms with Crippen molar-refractivity contribution in [2.24, 2.45) is 5.92 Å². The Morgan fingerprint density at radius 2 is 1.84 bits per heavy atom. The minimum Gasteiger partial charge on any atom is -0.352 e. The summed E-state index contributed by atoms with van der Waals surface area (Å²) in [7, 11) is -2.13. The number of benzene rings is 1. The predicted octanol–water partition coefficient (Wildman–Crippen LogP) is 3.02. The van der Waals surface area contributed by atoms with E-state index in [1.165, 1.54) is 24.3 Å². The lowest BCUT2D eigenvalue weighted by molar-refractivity contribution is -0.138. The van der Waals surface area contributed by atoms with Crippen molar-refractivity contribution in [1.82, 2.24) is 9.88 Å². The van der Waals surface area contributed by atoms with Gasteiger partial charge < -0.3 is 9.80 Å². The highest BCUT2D eigenvalue weighted by Crippen LogP contribution is 2.33. The zero-order valence-electron chi connectivity index (χ0n) is 17.0. The van der Waals surface area contributed by atoms with Crippen LogP contribution in [0.5, 0.6) is 0 Å². The van der Waals surface area contributed by atoms with Crippen molar-refractivity contribution in [3.63, 3.8) is 0 Å². The summed E-state index contributed by atoms with van der Waals surface area (Å²) < 4.78 is 54.1. The minimum atomic E-state index is -2.13. The van der Waals surface area contributed by atoms with E-state index in [1.54, 1.807) is 4.90 Å². The van der Waals surface area contributed by atoms with Crippen LogP contribution in [0.25, 0.3) is 0 Å². The maximum Gasteiger partial charge on any atom is 0.226 e. The number of amides is 1. The molecule has 0 bridgehead atoms.